The molecule has 2 saturated carbocycles. The molecule has 17 heavy (non-hydrogen) atoms. The van der Waals surface area contributed by atoms with Gasteiger partial charge in [0.2, 0.25) is 0 Å². The van der Waals surface area contributed by atoms with Gasteiger partial charge in [-0.2, -0.15) is 0 Å². The second-order valence-corrected chi connectivity index (χ2v) is 6.56. The van der Waals surface area contributed by atoms with Crippen molar-refractivity contribution in [1.29, 1.82) is 0 Å². The van der Waals surface area contributed by atoms with Gasteiger partial charge in [-0.1, -0.05) is 26.0 Å². The first-order chi connectivity index (χ1) is 8.13. The van der Waals surface area contributed by atoms with Crippen molar-refractivity contribution in [1.82, 2.24) is 5.32 Å². The molecule has 0 bridgehead atoms. The molecule has 96 valence electrons. The normalized spacial score (nSPS) is 46.2. The highest BCUT2D eigenvalue weighted by atomic mass is 16.5. The number of fused-ring (bicyclic) bond motifs is 1. The van der Waals surface area contributed by atoms with E-state index in [0.29, 0.717) is 17.6 Å². The minimum atomic E-state index is 0.309. The van der Waals surface area contributed by atoms with Crippen LogP contribution in [0.25, 0.3) is 0 Å². The van der Waals surface area contributed by atoms with Gasteiger partial charge in [-0.15, -0.1) is 0 Å². The van der Waals surface area contributed by atoms with Crippen LogP contribution < -0.4 is 5.32 Å². The van der Waals surface area contributed by atoms with E-state index in [1.54, 1.807) is 0 Å². The van der Waals surface area contributed by atoms with Crippen molar-refractivity contribution in [3.05, 3.63) is 12.2 Å². The molecule has 0 aromatic heterocycles. The maximum atomic E-state index is 5.79. The first-order valence-corrected chi connectivity index (χ1v) is 7.17. The molecule has 5 unspecified atom stereocenters. The molecule has 0 aliphatic heterocycles. The van der Waals surface area contributed by atoms with E-state index in [1.165, 1.54) is 19.3 Å². The second-order valence-electron chi connectivity index (χ2n) is 6.56. The Morgan fingerprint density at radius 2 is 2.18 bits per heavy atom. The lowest BCUT2D eigenvalue weighted by atomic mass is 9.62. The van der Waals surface area contributed by atoms with E-state index in [0.717, 1.165) is 24.5 Å². The zero-order valence-electron chi connectivity index (χ0n) is 11.3. The van der Waals surface area contributed by atoms with E-state index in [2.05, 4.69) is 38.2 Å². The Balaban J connectivity index is 1.52. The van der Waals surface area contributed by atoms with E-state index in [9.17, 15) is 0 Å². The summed E-state index contributed by atoms with van der Waals surface area (Å²) in [5.41, 5.74) is 0.309. The van der Waals surface area contributed by atoms with Crippen molar-refractivity contribution in [3.8, 4) is 0 Å². The fraction of sp³-hybridized carbons (Fsp3) is 0.867. The molecule has 1 N–H and O–H groups in total. The van der Waals surface area contributed by atoms with E-state index >= 15 is 0 Å². The lowest BCUT2D eigenvalue weighted by molar-refractivity contribution is -0.121. The Bertz CT molecular complexity index is 323. The molecule has 2 nitrogen and oxygen atoms in total. The van der Waals surface area contributed by atoms with E-state index < -0.39 is 0 Å². The van der Waals surface area contributed by atoms with Crippen LogP contribution in [0.5, 0.6) is 0 Å². The van der Waals surface area contributed by atoms with Gasteiger partial charge >= 0.3 is 0 Å². The molecule has 0 spiro atoms. The quantitative estimate of drug-likeness (QED) is 0.757. The summed E-state index contributed by atoms with van der Waals surface area (Å²) < 4.78 is 5.79. The minimum absolute atomic E-state index is 0.309. The standard InChI is InChI=1S/C15H25NO/c1-4-17-14-9-13(15(14,2)3)16-12-8-10-6-5-7-11(10)12/h5,7,10-14,16H,4,6,8-9H2,1-3H3. The highest BCUT2D eigenvalue weighted by Crippen LogP contribution is 2.47. The molecule has 0 aromatic carbocycles. The Morgan fingerprint density at radius 1 is 1.35 bits per heavy atom. The Kier molecular flexibility index (Phi) is 2.83. The SMILES string of the molecule is CCOC1CC(NC2CC3CC=CC32)C1(C)C. The van der Waals surface area contributed by atoms with Gasteiger partial charge in [0.1, 0.15) is 0 Å². The fourth-order valence-corrected chi connectivity index (χ4v) is 3.82. The van der Waals surface area contributed by atoms with Gasteiger partial charge in [-0.3, -0.25) is 0 Å². The highest BCUT2D eigenvalue weighted by Gasteiger charge is 2.51. The first kappa shape index (κ1) is 11.7. The van der Waals surface area contributed by atoms with Crippen molar-refractivity contribution in [3.63, 3.8) is 0 Å². The molecule has 0 heterocycles. The minimum Gasteiger partial charge on any atom is -0.378 e. The maximum absolute atomic E-state index is 5.79. The Hall–Kier alpha value is -0.340. The lowest BCUT2D eigenvalue weighted by Gasteiger charge is -2.55. The fourth-order valence-electron chi connectivity index (χ4n) is 3.82. The molecule has 0 radical (unpaired) electrons. The van der Waals surface area contributed by atoms with Crippen LogP contribution in [0.1, 0.15) is 40.0 Å². The third-order valence-corrected chi connectivity index (χ3v) is 5.32. The van der Waals surface area contributed by atoms with Crippen molar-refractivity contribution < 1.29 is 4.74 Å². The molecule has 0 aromatic rings. The van der Waals surface area contributed by atoms with Crippen LogP contribution in [-0.2, 0) is 4.74 Å². The summed E-state index contributed by atoms with van der Waals surface area (Å²) in [6, 6.07) is 1.39. The van der Waals surface area contributed by atoms with Crippen LogP contribution in [0.15, 0.2) is 12.2 Å². The van der Waals surface area contributed by atoms with Crippen LogP contribution in [0, 0.1) is 17.3 Å². The monoisotopic (exact) mass is 235 g/mol. The van der Waals surface area contributed by atoms with Crippen LogP contribution in [-0.4, -0.2) is 24.8 Å². The van der Waals surface area contributed by atoms with Crippen molar-refractivity contribution in [2.24, 2.45) is 17.3 Å². The molecule has 3 aliphatic rings. The van der Waals surface area contributed by atoms with Gasteiger partial charge in [0, 0.05) is 24.1 Å². The summed E-state index contributed by atoms with van der Waals surface area (Å²) in [5.74, 6) is 1.79. The van der Waals surface area contributed by atoms with Gasteiger partial charge in [-0.25, -0.2) is 0 Å². The van der Waals surface area contributed by atoms with Gasteiger partial charge in [-0.05, 0) is 38.0 Å². The van der Waals surface area contributed by atoms with Crippen molar-refractivity contribution in [2.75, 3.05) is 6.61 Å². The van der Waals surface area contributed by atoms with E-state index in [-0.39, 0.29) is 0 Å². The van der Waals surface area contributed by atoms with Gasteiger partial charge in [0.25, 0.3) is 0 Å². The van der Waals surface area contributed by atoms with E-state index in [1.807, 2.05) is 0 Å². The summed E-state index contributed by atoms with van der Waals surface area (Å²) in [6.07, 6.45) is 9.14. The molecule has 5 atom stereocenters. The molecular weight excluding hydrogens is 210 g/mol. The summed E-state index contributed by atoms with van der Waals surface area (Å²) in [7, 11) is 0. The maximum Gasteiger partial charge on any atom is 0.0655 e. The third-order valence-electron chi connectivity index (χ3n) is 5.32. The summed E-state index contributed by atoms with van der Waals surface area (Å²) in [4.78, 5) is 0. The van der Waals surface area contributed by atoms with Crippen LogP contribution >= 0.6 is 0 Å². The van der Waals surface area contributed by atoms with Crippen molar-refractivity contribution >= 4 is 0 Å². The number of nitrogens with one attached hydrogen (secondary N) is 1. The largest absolute Gasteiger partial charge is 0.378 e. The molecule has 2 heteroatoms. The summed E-state index contributed by atoms with van der Waals surface area (Å²) >= 11 is 0. The molecule has 3 rings (SSSR count). The van der Waals surface area contributed by atoms with Crippen molar-refractivity contribution in [2.45, 2.75) is 58.2 Å². The number of hydrogen-bond acceptors (Lipinski definition) is 2. The summed E-state index contributed by atoms with van der Waals surface area (Å²) in [6.45, 7) is 7.62. The van der Waals surface area contributed by atoms with Crippen LogP contribution in [0.2, 0.25) is 0 Å². The zero-order chi connectivity index (χ0) is 12.0. The van der Waals surface area contributed by atoms with E-state index in [4.69, 9.17) is 4.74 Å². The van der Waals surface area contributed by atoms with Gasteiger partial charge in [0.15, 0.2) is 0 Å². The Labute approximate surface area is 105 Å². The Morgan fingerprint density at radius 3 is 2.82 bits per heavy atom. The number of ether oxygens (including phenoxy) is 1. The number of allylic oxidation sites excluding steroid dienone is 1. The number of hydrogen-bond donors (Lipinski definition) is 1. The van der Waals surface area contributed by atoms with Crippen LogP contribution in [0.3, 0.4) is 0 Å². The first-order valence-electron chi connectivity index (χ1n) is 7.17. The third kappa shape index (κ3) is 1.77. The summed E-state index contributed by atoms with van der Waals surface area (Å²) in [5, 5.41) is 3.87. The van der Waals surface area contributed by atoms with Gasteiger partial charge in [0.05, 0.1) is 6.10 Å². The number of rotatable bonds is 4. The zero-order valence-corrected chi connectivity index (χ0v) is 11.3. The smallest absolute Gasteiger partial charge is 0.0655 e. The molecule has 3 aliphatic carbocycles. The average molecular weight is 235 g/mol. The molecule has 2 fully saturated rings. The average Bonchev–Trinajstić information content (AvgIpc) is 2.64. The van der Waals surface area contributed by atoms with Crippen LogP contribution in [0.4, 0.5) is 0 Å². The highest BCUT2D eigenvalue weighted by molar-refractivity contribution is 5.15. The predicted octanol–water partition coefficient (Wildman–Crippen LogP) is 2.74. The van der Waals surface area contributed by atoms with Gasteiger partial charge < -0.3 is 10.1 Å². The second kappa shape index (κ2) is 4.10. The topological polar surface area (TPSA) is 21.3 Å². The lowest BCUT2D eigenvalue weighted by Crippen LogP contribution is -2.65. The molecular formula is C15H25NO. The predicted molar refractivity (Wildman–Crippen MR) is 69.9 cm³/mol. The molecule has 0 saturated heterocycles. The molecule has 0 amide bonds.